The second-order valence-corrected chi connectivity index (χ2v) is 4.55. The van der Waals surface area contributed by atoms with Gasteiger partial charge in [0.05, 0.1) is 6.10 Å². The predicted octanol–water partition coefficient (Wildman–Crippen LogP) is 3.05. The van der Waals surface area contributed by atoms with E-state index in [1.54, 1.807) is 6.07 Å². The van der Waals surface area contributed by atoms with Crippen LogP contribution in [-0.2, 0) is 4.74 Å². The van der Waals surface area contributed by atoms with Gasteiger partial charge in [0.15, 0.2) is 0 Å². The van der Waals surface area contributed by atoms with Crippen molar-refractivity contribution in [2.24, 2.45) is 5.73 Å². The summed E-state index contributed by atoms with van der Waals surface area (Å²) < 4.78 is 18.4. The Morgan fingerprint density at radius 2 is 2.38 bits per heavy atom. The van der Waals surface area contributed by atoms with Crippen molar-refractivity contribution in [3.8, 4) is 0 Å². The minimum atomic E-state index is -0.335. The summed E-state index contributed by atoms with van der Waals surface area (Å²) in [6.45, 7) is 0.814. The smallest absolute Gasteiger partial charge is 0.124 e. The monoisotopic (exact) mass is 243 g/mol. The van der Waals surface area contributed by atoms with E-state index in [0.29, 0.717) is 5.02 Å². The van der Waals surface area contributed by atoms with E-state index in [1.807, 2.05) is 0 Å². The Labute approximate surface area is 99.5 Å². The van der Waals surface area contributed by atoms with Crippen molar-refractivity contribution in [3.05, 3.63) is 34.6 Å². The van der Waals surface area contributed by atoms with Crippen LogP contribution in [0, 0.1) is 5.82 Å². The molecule has 0 spiro atoms. The van der Waals surface area contributed by atoms with Crippen LogP contribution in [0.15, 0.2) is 18.2 Å². The van der Waals surface area contributed by atoms with Crippen molar-refractivity contribution in [1.82, 2.24) is 0 Å². The zero-order chi connectivity index (χ0) is 11.5. The number of nitrogens with two attached hydrogens (primary N) is 1. The molecule has 0 aromatic heterocycles. The molecule has 1 fully saturated rings. The van der Waals surface area contributed by atoms with Gasteiger partial charge in [0.1, 0.15) is 5.82 Å². The van der Waals surface area contributed by atoms with Crippen LogP contribution in [0.3, 0.4) is 0 Å². The van der Waals surface area contributed by atoms with Gasteiger partial charge < -0.3 is 10.5 Å². The summed E-state index contributed by atoms with van der Waals surface area (Å²) in [5, 5.41) is 0.394. The van der Waals surface area contributed by atoms with Gasteiger partial charge in [0.2, 0.25) is 0 Å². The van der Waals surface area contributed by atoms with Gasteiger partial charge in [-0.15, -0.1) is 0 Å². The molecule has 2 nitrogen and oxygen atoms in total. The Hall–Kier alpha value is -0.640. The maximum atomic E-state index is 12.9. The fourth-order valence-electron chi connectivity index (χ4n) is 2.04. The van der Waals surface area contributed by atoms with Crippen LogP contribution in [0.5, 0.6) is 0 Å². The zero-order valence-electron chi connectivity index (χ0n) is 8.96. The second kappa shape index (κ2) is 5.13. The molecule has 2 atom stereocenters. The van der Waals surface area contributed by atoms with Crippen molar-refractivity contribution in [2.75, 3.05) is 6.61 Å². The van der Waals surface area contributed by atoms with Crippen LogP contribution < -0.4 is 5.73 Å². The first-order valence-electron chi connectivity index (χ1n) is 5.49. The summed E-state index contributed by atoms with van der Waals surface area (Å²) in [4.78, 5) is 0. The van der Waals surface area contributed by atoms with Crippen LogP contribution in [0.4, 0.5) is 4.39 Å². The second-order valence-electron chi connectivity index (χ2n) is 4.14. The lowest BCUT2D eigenvalue weighted by Crippen LogP contribution is -2.18. The highest BCUT2D eigenvalue weighted by Crippen LogP contribution is 2.28. The third kappa shape index (κ3) is 2.73. The molecule has 2 unspecified atom stereocenters. The van der Waals surface area contributed by atoms with Crippen LogP contribution in [0.2, 0.25) is 5.02 Å². The first-order valence-corrected chi connectivity index (χ1v) is 5.87. The minimum absolute atomic E-state index is 0.184. The van der Waals surface area contributed by atoms with E-state index in [2.05, 4.69) is 0 Å². The number of hydrogen-bond acceptors (Lipinski definition) is 2. The van der Waals surface area contributed by atoms with Gasteiger partial charge in [0.25, 0.3) is 0 Å². The summed E-state index contributed by atoms with van der Waals surface area (Å²) in [7, 11) is 0. The SMILES string of the molecule is NC(CC1CCCO1)c1ccc(F)cc1Cl. The number of ether oxygens (including phenoxy) is 1. The average molecular weight is 244 g/mol. The first-order chi connectivity index (χ1) is 7.66. The summed E-state index contributed by atoms with van der Waals surface area (Å²) in [6, 6.07) is 4.15. The molecule has 1 saturated heterocycles. The average Bonchev–Trinajstić information content (AvgIpc) is 2.70. The Balaban J connectivity index is 2.04. The van der Waals surface area contributed by atoms with Crippen LogP contribution in [0.1, 0.15) is 30.9 Å². The van der Waals surface area contributed by atoms with Crippen molar-refractivity contribution in [2.45, 2.75) is 31.4 Å². The molecule has 1 aromatic carbocycles. The summed E-state index contributed by atoms with van der Waals surface area (Å²) in [5.41, 5.74) is 6.83. The Morgan fingerprint density at radius 3 is 3.00 bits per heavy atom. The Kier molecular flexibility index (Phi) is 3.79. The van der Waals surface area contributed by atoms with Crippen LogP contribution in [-0.4, -0.2) is 12.7 Å². The molecule has 0 bridgehead atoms. The van der Waals surface area contributed by atoms with E-state index in [-0.39, 0.29) is 18.0 Å². The van der Waals surface area contributed by atoms with E-state index >= 15 is 0 Å². The molecular weight excluding hydrogens is 229 g/mol. The molecule has 1 aliphatic rings. The summed E-state index contributed by atoms with van der Waals surface area (Å²) >= 11 is 5.95. The van der Waals surface area contributed by atoms with E-state index in [9.17, 15) is 4.39 Å². The molecule has 0 aliphatic carbocycles. The van der Waals surface area contributed by atoms with E-state index in [4.69, 9.17) is 22.1 Å². The van der Waals surface area contributed by atoms with Gasteiger partial charge in [-0.05, 0) is 37.0 Å². The van der Waals surface area contributed by atoms with Crippen molar-refractivity contribution in [3.63, 3.8) is 0 Å². The van der Waals surface area contributed by atoms with Crippen molar-refractivity contribution in [1.29, 1.82) is 0 Å². The molecule has 88 valence electrons. The lowest BCUT2D eigenvalue weighted by Gasteiger charge is -2.17. The molecule has 4 heteroatoms. The lowest BCUT2D eigenvalue weighted by molar-refractivity contribution is 0.0983. The highest BCUT2D eigenvalue weighted by atomic mass is 35.5. The standard InChI is InChI=1S/C12H15ClFNO/c13-11-6-8(14)3-4-10(11)12(15)7-9-2-1-5-16-9/h3-4,6,9,12H,1-2,5,7,15H2. The summed E-state index contributed by atoms with van der Waals surface area (Å²) in [5.74, 6) is -0.335. The van der Waals surface area contributed by atoms with Gasteiger partial charge in [0, 0.05) is 17.7 Å². The highest BCUT2D eigenvalue weighted by Gasteiger charge is 2.20. The normalized spacial score (nSPS) is 22.3. The van der Waals surface area contributed by atoms with Gasteiger partial charge in [-0.1, -0.05) is 17.7 Å². The molecule has 16 heavy (non-hydrogen) atoms. The molecule has 2 rings (SSSR count). The lowest BCUT2D eigenvalue weighted by atomic mass is 10.00. The van der Waals surface area contributed by atoms with Crippen LogP contribution >= 0.6 is 11.6 Å². The first kappa shape index (κ1) is 11.8. The van der Waals surface area contributed by atoms with Crippen molar-refractivity contribution < 1.29 is 9.13 Å². The van der Waals surface area contributed by atoms with E-state index < -0.39 is 0 Å². The quantitative estimate of drug-likeness (QED) is 0.886. The number of halogens is 2. The number of rotatable bonds is 3. The topological polar surface area (TPSA) is 35.2 Å². The fraction of sp³-hybridized carbons (Fsp3) is 0.500. The van der Waals surface area contributed by atoms with E-state index in [1.165, 1.54) is 12.1 Å². The number of hydrogen-bond donors (Lipinski definition) is 1. The molecular formula is C12H15ClFNO. The predicted molar refractivity (Wildman–Crippen MR) is 61.9 cm³/mol. The highest BCUT2D eigenvalue weighted by molar-refractivity contribution is 6.31. The zero-order valence-corrected chi connectivity index (χ0v) is 9.71. The van der Waals surface area contributed by atoms with Gasteiger partial charge in [-0.2, -0.15) is 0 Å². The molecule has 0 radical (unpaired) electrons. The Bertz CT molecular complexity index is 366. The molecule has 1 aromatic rings. The molecule has 1 heterocycles. The fourth-order valence-corrected chi connectivity index (χ4v) is 2.35. The summed E-state index contributed by atoms with van der Waals surface area (Å²) in [6.07, 6.45) is 3.10. The molecule has 1 aliphatic heterocycles. The van der Waals surface area contributed by atoms with Crippen molar-refractivity contribution >= 4 is 11.6 Å². The molecule has 2 N–H and O–H groups in total. The molecule has 0 amide bonds. The van der Waals surface area contributed by atoms with Gasteiger partial charge in [-0.3, -0.25) is 0 Å². The Morgan fingerprint density at radius 1 is 1.56 bits per heavy atom. The maximum absolute atomic E-state index is 12.9. The largest absolute Gasteiger partial charge is 0.378 e. The van der Waals surface area contributed by atoms with E-state index in [0.717, 1.165) is 31.4 Å². The third-order valence-electron chi connectivity index (χ3n) is 2.90. The van der Waals surface area contributed by atoms with Gasteiger partial charge in [-0.25, -0.2) is 4.39 Å². The number of benzene rings is 1. The third-order valence-corrected chi connectivity index (χ3v) is 3.23. The van der Waals surface area contributed by atoms with Crippen LogP contribution in [0.25, 0.3) is 0 Å². The van der Waals surface area contributed by atoms with Gasteiger partial charge >= 0.3 is 0 Å². The maximum Gasteiger partial charge on any atom is 0.124 e. The molecule has 0 saturated carbocycles. The minimum Gasteiger partial charge on any atom is -0.378 e.